The average molecular weight is 389 g/mol. The summed E-state index contributed by atoms with van der Waals surface area (Å²) >= 11 is 0. The van der Waals surface area contributed by atoms with E-state index in [-0.39, 0.29) is 5.56 Å². The van der Waals surface area contributed by atoms with Crippen LogP contribution in [0, 0.1) is 0 Å². The van der Waals surface area contributed by atoms with Crippen molar-refractivity contribution in [3.63, 3.8) is 0 Å². The van der Waals surface area contributed by atoms with E-state index in [1.807, 2.05) is 54.6 Å². The SMILES string of the molecule is O=C(O)c1cccc(-c2ccccc2-c2c(-c3ccccc3)[nH]c3ccccc23)c1. The van der Waals surface area contributed by atoms with E-state index < -0.39 is 5.97 Å². The minimum Gasteiger partial charge on any atom is -0.478 e. The largest absolute Gasteiger partial charge is 0.478 e. The summed E-state index contributed by atoms with van der Waals surface area (Å²) in [5.74, 6) is -0.925. The summed E-state index contributed by atoms with van der Waals surface area (Å²) in [6.07, 6.45) is 0. The Balaban J connectivity index is 1.81. The fourth-order valence-corrected chi connectivity index (χ4v) is 4.02. The molecule has 0 radical (unpaired) electrons. The first kappa shape index (κ1) is 18.0. The topological polar surface area (TPSA) is 53.1 Å². The molecule has 30 heavy (non-hydrogen) atoms. The van der Waals surface area contributed by atoms with Crippen LogP contribution in [-0.2, 0) is 0 Å². The van der Waals surface area contributed by atoms with Crippen LogP contribution in [0.3, 0.4) is 0 Å². The molecular weight excluding hydrogens is 370 g/mol. The normalized spacial score (nSPS) is 10.9. The van der Waals surface area contributed by atoms with Crippen molar-refractivity contribution >= 4 is 16.9 Å². The van der Waals surface area contributed by atoms with E-state index >= 15 is 0 Å². The lowest BCUT2D eigenvalue weighted by atomic mass is 9.91. The van der Waals surface area contributed by atoms with Crippen molar-refractivity contribution in [1.29, 1.82) is 0 Å². The highest BCUT2D eigenvalue weighted by Gasteiger charge is 2.18. The number of H-pyrrole nitrogens is 1. The smallest absolute Gasteiger partial charge is 0.335 e. The molecule has 2 N–H and O–H groups in total. The van der Waals surface area contributed by atoms with Gasteiger partial charge in [-0.1, -0.05) is 84.9 Å². The number of carbonyl (C=O) groups is 1. The Morgan fingerprint density at radius 2 is 1.33 bits per heavy atom. The van der Waals surface area contributed by atoms with Crippen molar-refractivity contribution in [1.82, 2.24) is 4.98 Å². The van der Waals surface area contributed by atoms with Crippen molar-refractivity contribution in [2.75, 3.05) is 0 Å². The van der Waals surface area contributed by atoms with E-state index in [1.165, 1.54) is 0 Å². The Hall–Kier alpha value is -4.11. The van der Waals surface area contributed by atoms with E-state index in [9.17, 15) is 9.90 Å². The van der Waals surface area contributed by atoms with Crippen molar-refractivity contribution in [3.05, 3.63) is 109 Å². The van der Waals surface area contributed by atoms with E-state index in [2.05, 4.69) is 35.3 Å². The fourth-order valence-electron chi connectivity index (χ4n) is 4.02. The monoisotopic (exact) mass is 389 g/mol. The molecule has 3 nitrogen and oxygen atoms in total. The van der Waals surface area contributed by atoms with Crippen LogP contribution in [0.15, 0.2) is 103 Å². The molecule has 0 unspecified atom stereocenters. The minimum absolute atomic E-state index is 0.282. The number of carboxylic acid groups (broad SMARTS) is 1. The van der Waals surface area contributed by atoms with E-state index in [0.717, 1.165) is 44.4 Å². The molecular formula is C27H19NO2. The molecule has 0 aliphatic heterocycles. The number of para-hydroxylation sites is 1. The third kappa shape index (κ3) is 3.07. The van der Waals surface area contributed by atoms with Crippen molar-refractivity contribution in [2.45, 2.75) is 0 Å². The highest BCUT2D eigenvalue weighted by atomic mass is 16.4. The van der Waals surface area contributed by atoms with Gasteiger partial charge in [-0.2, -0.15) is 0 Å². The maximum absolute atomic E-state index is 11.5. The first-order chi connectivity index (χ1) is 14.7. The summed E-state index contributed by atoms with van der Waals surface area (Å²) in [6.45, 7) is 0. The van der Waals surface area contributed by atoms with Gasteiger partial charge < -0.3 is 10.1 Å². The predicted molar refractivity (Wildman–Crippen MR) is 122 cm³/mol. The molecule has 0 bridgehead atoms. The van der Waals surface area contributed by atoms with Crippen molar-refractivity contribution in [3.8, 4) is 33.5 Å². The van der Waals surface area contributed by atoms with Gasteiger partial charge in [0.2, 0.25) is 0 Å². The number of aromatic amines is 1. The summed E-state index contributed by atoms with van der Waals surface area (Å²) < 4.78 is 0. The second-order valence-electron chi connectivity index (χ2n) is 7.22. The minimum atomic E-state index is -0.925. The summed E-state index contributed by atoms with van der Waals surface area (Å²) in [5, 5.41) is 10.6. The number of fused-ring (bicyclic) bond motifs is 1. The molecule has 0 amide bonds. The highest BCUT2D eigenvalue weighted by molar-refractivity contribution is 6.07. The molecule has 0 aliphatic carbocycles. The summed E-state index contributed by atoms with van der Waals surface area (Å²) in [7, 11) is 0. The highest BCUT2D eigenvalue weighted by Crippen LogP contribution is 2.42. The number of carboxylic acids is 1. The van der Waals surface area contributed by atoms with Gasteiger partial charge in [0.15, 0.2) is 0 Å². The second-order valence-corrected chi connectivity index (χ2v) is 7.22. The molecule has 0 fully saturated rings. The zero-order valence-corrected chi connectivity index (χ0v) is 16.2. The number of nitrogens with one attached hydrogen (secondary N) is 1. The van der Waals surface area contributed by atoms with Gasteiger partial charge in [0.05, 0.1) is 11.3 Å². The molecule has 0 spiro atoms. The number of rotatable bonds is 4. The standard InChI is InChI=1S/C27H19NO2/c29-27(30)20-12-8-11-19(17-20)21-13-4-5-14-22(21)25-23-15-6-7-16-24(23)28-26(25)18-9-2-1-3-10-18/h1-17,28H,(H,29,30). The van der Waals surface area contributed by atoms with Gasteiger partial charge in [-0.25, -0.2) is 4.79 Å². The Morgan fingerprint density at radius 3 is 2.13 bits per heavy atom. The van der Waals surface area contributed by atoms with Gasteiger partial charge in [0, 0.05) is 16.5 Å². The maximum Gasteiger partial charge on any atom is 0.335 e. The summed E-state index contributed by atoms with van der Waals surface area (Å²) in [5.41, 5.74) is 7.59. The third-order valence-corrected chi connectivity index (χ3v) is 5.39. The molecule has 0 saturated heterocycles. The maximum atomic E-state index is 11.5. The van der Waals surface area contributed by atoms with Crippen LogP contribution < -0.4 is 0 Å². The first-order valence-corrected chi connectivity index (χ1v) is 9.81. The fraction of sp³-hybridized carbons (Fsp3) is 0. The molecule has 1 aromatic heterocycles. The predicted octanol–water partition coefficient (Wildman–Crippen LogP) is 6.87. The second kappa shape index (κ2) is 7.37. The average Bonchev–Trinajstić information content (AvgIpc) is 3.19. The van der Waals surface area contributed by atoms with Crippen LogP contribution in [0.1, 0.15) is 10.4 Å². The number of benzene rings is 4. The van der Waals surface area contributed by atoms with Gasteiger partial charge in [0.25, 0.3) is 0 Å². The molecule has 1 heterocycles. The van der Waals surface area contributed by atoms with Crippen LogP contribution in [0.2, 0.25) is 0 Å². The lowest BCUT2D eigenvalue weighted by Gasteiger charge is -2.13. The molecule has 0 aliphatic rings. The Labute approximate surface area is 174 Å². The van der Waals surface area contributed by atoms with Gasteiger partial charge in [-0.15, -0.1) is 0 Å². The number of aromatic carboxylic acids is 1. The molecule has 5 rings (SSSR count). The Bertz CT molecular complexity index is 1370. The Morgan fingerprint density at radius 1 is 0.667 bits per heavy atom. The van der Waals surface area contributed by atoms with Crippen LogP contribution in [0.5, 0.6) is 0 Å². The van der Waals surface area contributed by atoms with Crippen LogP contribution in [0.4, 0.5) is 0 Å². The van der Waals surface area contributed by atoms with Crippen molar-refractivity contribution in [2.24, 2.45) is 0 Å². The quantitative estimate of drug-likeness (QED) is 0.352. The van der Waals surface area contributed by atoms with Gasteiger partial charge in [0.1, 0.15) is 0 Å². The van der Waals surface area contributed by atoms with Gasteiger partial charge in [-0.05, 0) is 40.5 Å². The lowest BCUT2D eigenvalue weighted by Crippen LogP contribution is -1.96. The van der Waals surface area contributed by atoms with Crippen LogP contribution in [-0.4, -0.2) is 16.1 Å². The molecule has 144 valence electrons. The lowest BCUT2D eigenvalue weighted by molar-refractivity contribution is 0.0697. The molecule has 0 saturated carbocycles. The van der Waals surface area contributed by atoms with Crippen LogP contribution >= 0.6 is 0 Å². The Kier molecular flexibility index (Phi) is 4.41. The number of hydrogen-bond acceptors (Lipinski definition) is 1. The van der Waals surface area contributed by atoms with Crippen molar-refractivity contribution < 1.29 is 9.90 Å². The van der Waals surface area contributed by atoms with E-state index in [1.54, 1.807) is 18.2 Å². The number of aromatic nitrogens is 1. The van der Waals surface area contributed by atoms with Gasteiger partial charge >= 0.3 is 5.97 Å². The number of hydrogen-bond donors (Lipinski definition) is 2. The zero-order valence-electron chi connectivity index (χ0n) is 16.2. The molecule has 4 aromatic carbocycles. The van der Waals surface area contributed by atoms with Crippen LogP contribution in [0.25, 0.3) is 44.4 Å². The zero-order chi connectivity index (χ0) is 20.5. The summed E-state index contributed by atoms with van der Waals surface area (Å²) in [6, 6.07) is 33.8. The molecule has 3 heteroatoms. The molecule has 0 atom stereocenters. The van der Waals surface area contributed by atoms with E-state index in [0.29, 0.717) is 0 Å². The summed E-state index contributed by atoms with van der Waals surface area (Å²) in [4.78, 5) is 15.1. The van der Waals surface area contributed by atoms with E-state index in [4.69, 9.17) is 0 Å². The molecule has 5 aromatic rings. The first-order valence-electron chi connectivity index (χ1n) is 9.81. The third-order valence-electron chi connectivity index (χ3n) is 5.39. The van der Waals surface area contributed by atoms with Gasteiger partial charge in [-0.3, -0.25) is 0 Å².